The van der Waals surface area contributed by atoms with E-state index in [1.807, 2.05) is 18.2 Å². The highest BCUT2D eigenvalue weighted by atomic mass is 19.1. The SMILES string of the molecule is O=C(CN1CCN(C[C@H]2C[C@@H]3CC[C@H]2CN3C(=O)c2c(F)cc(-c3ccccc3)cc2F)CC1)N1CCN(C(=O)c2cc(Cc3n[nH]c(=O)c4ccccc34)ccc2F)CC1. The van der Waals surface area contributed by atoms with Crippen LogP contribution in [0.1, 0.15) is 51.2 Å². The van der Waals surface area contributed by atoms with Gasteiger partial charge in [-0.25, -0.2) is 18.3 Å². The number of carbonyl (C=O) groups excluding carboxylic acids is 3. The van der Waals surface area contributed by atoms with Crippen molar-refractivity contribution in [2.24, 2.45) is 11.8 Å². The number of piperazine rings is 2. The third-order valence-electron chi connectivity index (χ3n) is 13.3. The minimum absolute atomic E-state index is 0.00582. The number of fused-ring (bicyclic) bond motifs is 4. The number of piperidine rings is 2. The molecular formula is C47H48F3N7O4. The maximum Gasteiger partial charge on any atom is 0.272 e. The van der Waals surface area contributed by atoms with Gasteiger partial charge < -0.3 is 19.6 Å². The molecule has 5 aliphatic rings. The lowest BCUT2D eigenvalue weighted by Crippen LogP contribution is -2.58. The van der Waals surface area contributed by atoms with Crippen LogP contribution in [0.5, 0.6) is 0 Å². The Labute approximate surface area is 351 Å². The van der Waals surface area contributed by atoms with Gasteiger partial charge in [-0.2, -0.15) is 5.10 Å². The molecular weight excluding hydrogens is 784 g/mol. The second kappa shape index (κ2) is 17.3. The third-order valence-corrected chi connectivity index (χ3v) is 13.3. The molecule has 14 heteroatoms. The number of nitrogens with one attached hydrogen (secondary N) is 1. The Balaban J connectivity index is 0.730. The molecule has 0 unspecified atom stereocenters. The average molecular weight is 832 g/mol. The predicted molar refractivity (Wildman–Crippen MR) is 224 cm³/mol. The summed E-state index contributed by atoms with van der Waals surface area (Å²) in [6.45, 7) is 6.11. The maximum absolute atomic E-state index is 15.3. The Morgan fingerprint density at radius 3 is 2.07 bits per heavy atom. The zero-order valence-electron chi connectivity index (χ0n) is 33.9. The summed E-state index contributed by atoms with van der Waals surface area (Å²) in [5, 5.41) is 7.94. The highest BCUT2D eigenvalue weighted by Crippen LogP contribution is 2.41. The Morgan fingerprint density at radius 1 is 0.689 bits per heavy atom. The number of H-pyrrole nitrogens is 1. The van der Waals surface area contributed by atoms with Crippen molar-refractivity contribution < 1.29 is 27.6 Å². The molecule has 1 N–H and O–H groups in total. The van der Waals surface area contributed by atoms with Gasteiger partial charge in [0, 0.05) is 83.3 Å². The third kappa shape index (κ3) is 8.43. The summed E-state index contributed by atoms with van der Waals surface area (Å²) in [6, 6.07) is 23.0. The topological polar surface area (TPSA) is 113 Å². The Bertz CT molecular complexity index is 2500. The molecule has 2 bridgehead atoms. The van der Waals surface area contributed by atoms with Crippen LogP contribution in [0.4, 0.5) is 13.2 Å². The second-order valence-corrected chi connectivity index (χ2v) is 16.9. The molecule has 1 aliphatic carbocycles. The van der Waals surface area contributed by atoms with Crippen LogP contribution in [-0.4, -0.2) is 130 Å². The van der Waals surface area contributed by atoms with Crippen molar-refractivity contribution >= 4 is 28.5 Å². The number of hydrogen-bond donors (Lipinski definition) is 1. The van der Waals surface area contributed by atoms with Crippen LogP contribution in [0.15, 0.2) is 89.7 Å². The fourth-order valence-corrected chi connectivity index (χ4v) is 9.85. The molecule has 0 radical (unpaired) electrons. The zero-order chi connectivity index (χ0) is 42.2. The number of benzene rings is 4. The zero-order valence-corrected chi connectivity index (χ0v) is 33.9. The predicted octanol–water partition coefficient (Wildman–Crippen LogP) is 5.44. The fraction of sp³-hybridized carbons (Fsp3) is 0.383. The molecule has 4 aromatic carbocycles. The molecule has 10 rings (SSSR count). The summed E-state index contributed by atoms with van der Waals surface area (Å²) in [5.41, 5.74) is 1.58. The molecule has 3 amide bonds. The molecule has 61 heavy (non-hydrogen) atoms. The van der Waals surface area contributed by atoms with Crippen molar-refractivity contribution in [3.8, 4) is 11.1 Å². The van der Waals surface area contributed by atoms with E-state index in [4.69, 9.17) is 0 Å². The first-order chi connectivity index (χ1) is 29.6. The standard InChI is InChI=1S/C47H48F3N7O4/c48-39-13-10-30(23-42-36-8-4-5-9-37(36)45(59)52-51-42)22-38(39)46(60)56-20-18-55(19-21-56)43(58)29-54-16-14-53(15-17-54)27-34-24-35-12-11-32(34)28-57(35)47(61)44-40(49)25-33(26-41(44)50)31-6-2-1-3-7-31/h1-10,13,22,25-26,32,34-35H,11-12,14-21,23-24,27-29H2,(H,52,59)/t32-,34+,35-/m0/s1. The summed E-state index contributed by atoms with van der Waals surface area (Å²) in [7, 11) is 0. The first-order valence-corrected chi connectivity index (χ1v) is 21.2. The molecule has 5 heterocycles. The first-order valence-electron chi connectivity index (χ1n) is 21.2. The molecule has 1 aromatic heterocycles. The minimum atomic E-state index is -0.835. The Hall–Kier alpha value is -5.86. The summed E-state index contributed by atoms with van der Waals surface area (Å²) in [5.74, 6) is -2.63. The average Bonchev–Trinajstić information content (AvgIpc) is 3.28. The minimum Gasteiger partial charge on any atom is -0.338 e. The first kappa shape index (κ1) is 40.5. The van der Waals surface area contributed by atoms with Gasteiger partial charge in [0.1, 0.15) is 23.0 Å². The van der Waals surface area contributed by atoms with Gasteiger partial charge in [-0.05, 0) is 78.1 Å². The van der Waals surface area contributed by atoms with E-state index < -0.39 is 34.8 Å². The van der Waals surface area contributed by atoms with Gasteiger partial charge in [0.2, 0.25) is 5.91 Å². The van der Waals surface area contributed by atoms with E-state index in [0.717, 1.165) is 52.0 Å². The molecule has 11 nitrogen and oxygen atoms in total. The lowest BCUT2D eigenvalue weighted by Gasteiger charge is -2.51. The molecule has 3 atom stereocenters. The second-order valence-electron chi connectivity index (χ2n) is 16.9. The van der Waals surface area contributed by atoms with Gasteiger partial charge in [-0.3, -0.25) is 24.1 Å². The number of carbonyl (C=O) groups is 3. The monoisotopic (exact) mass is 831 g/mol. The quantitative estimate of drug-likeness (QED) is 0.211. The van der Waals surface area contributed by atoms with Crippen LogP contribution in [0.2, 0.25) is 0 Å². The number of halogens is 3. The number of aromatic nitrogens is 2. The van der Waals surface area contributed by atoms with Gasteiger partial charge in [-0.1, -0.05) is 54.6 Å². The van der Waals surface area contributed by atoms with Gasteiger partial charge >= 0.3 is 0 Å². The normalized spacial score (nSPS) is 21.0. The largest absolute Gasteiger partial charge is 0.338 e. The highest BCUT2D eigenvalue weighted by molar-refractivity contribution is 5.96. The van der Waals surface area contributed by atoms with Crippen molar-refractivity contribution in [3.63, 3.8) is 0 Å². The van der Waals surface area contributed by atoms with E-state index >= 15 is 13.2 Å². The summed E-state index contributed by atoms with van der Waals surface area (Å²) < 4.78 is 45.7. The van der Waals surface area contributed by atoms with Crippen LogP contribution >= 0.6 is 0 Å². The van der Waals surface area contributed by atoms with Crippen LogP contribution in [-0.2, 0) is 11.2 Å². The maximum atomic E-state index is 15.3. The van der Waals surface area contributed by atoms with Crippen LogP contribution < -0.4 is 5.56 Å². The van der Waals surface area contributed by atoms with Gasteiger partial charge in [0.05, 0.1) is 23.2 Å². The molecule has 4 saturated heterocycles. The summed E-state index contributed by atoms with van der Waals surface area (Å²) in [4.78, 5) is 62.4. The van der Waals surface area contributed by atoms with Crippen molar-refractivity contribution in [2.75, 3.05) is 72.0 Å². The number of hydrogen-bond acceptors (Lipinski definition) is 7. The van der Waals surface area contributed by atoms with Crippen molar-refractivity contribution in [3.05, 3.63) is 135 Å². The summed E-state index contributed by atoms with van der Waals surface area (Å²) in [6.07, 6.45) is 2.92. The molecule has 1 saturated carbocycles. The van der Waals surface area contributed by atoms with Gasteiger partial charge in [0.15, 0.2) is 0 Å². The molecule has 0 spiro atoms. The van der Waals surface area contributed by atoms with Crippen LogP contribution in [0, 0.1) is 29.3 Å². The van der Waals surface area contributed by atoms with E-state index in [0.29, 0.717) is 78.2 Å². The number of aromatic amines is 1. The van der Waals surface area contributed by atoms with E-state index in [-0.39, 0.29) is 35.5 Å². The van der Waals surface area contributed by atoms with Gasteiger partial charge in [-0.15, -0.1) is 0 Å². The molecule has 5 aromatic rings. The Morgan fingerprint density at radius 2 is 1.36 bits per heavy atom. The van der Waals surface area contributed by atoms with Crippen LogP contribution in [0.25, 0.3) is 21.9 Å². The summed E-state index contributed by atoms with van der Waals surface area (Å²) >= 11 is 0. The number of rotatable bonds is 9. The van der Waals surface area contributed by atoms with Crippen molar-refractivity contribution in [1.29, 1.82) is 0 Å². The van der Waals surface area contributed by atoms with Gasteiger partial charge in [0.25, 0.3) is 17.4 Å². The van der Waals surface area contributed by atoms with E-state index in [9.17, 15) is 19.2 Å². The smallest absolute Gasteiger partial charge is 0.272 e. The van der Waals surface area contributed by atoms with E-state index in [1.165, 1.54) is 18.2 Å². The Kier molecular flexibility index (Phi) is 11.5. The number of amides is 3. The molecule has 5 fully saturated rings. The van der Waals surface area contributed by atoms with Crippen LogP contribution in [0.3, 0.4) is 0 Å². The van der Waals surface area contributed by atoms with Crippen molar-refractivity contribution in [2.45, 2.75) is 31.7 Å². The molecule has 4 aliphatic heterocycles. The lowest BCUT2D eigenvalue weighted by atomic mass is 9.71. The highest BCUT2D eigenvalue weighted by Gasteiger charge is 2.44. The number of nitrogens with zero attached hydrogens (tertiary/aromatic N) is 6. The fourth-order valence-electron chi connectivity index (χ4n) is 9.85. The molecule has 316 valence electrons. The van der Waals surface area contributed by atoms with E-state index in [2.05, 4.69) is 20.0 Å². The van der Waals surface area contributed by atoms with Crippen molar-refractivity contribution in [1.82, 2.24) is 34.7 Å². The lowest BCUT2D eigenvalue weighted by molar-refractivity contribution is -0.134. The van der Waals surface area contributed by atoms with E-state index in [1.54, 1.807) is 63.2 Å².